The Hall–Kier alpha value is -4.43. The number of nitrogens with zero attached hydrogens (tertiary/aromatic N) is 2. The normalized spacial score (nSPS) is 16.0. The molecular formula is C35H41N5O3. The SMILES string of the molecule is CC(=O)N(CCN(C)C)c1ccc(N/C(=C2\C(=O)Nc3ccc(C(=O)NCC4CCCCC4)cc32)c2ccccc2)cc1. The van der Waals surface area contributed by atoms with Gasteiger partial charge in [0.15, 0.2) is 0 Å². The first kappa shape index (κ1) is 30.0. The van der Waals surface area contributed by atoms with Crippen molar-refractivity contribution < 1.29 is 14.4 Å². The summed E-state index contributed by atoms with van der Waals surface area (Å²) in [5.74, 6) is 0.152. The van der Waals surface area contributed by atoms with Gasteiger partial charge in [-0.15, -0.1) is 0 Å². The van der Waals surface area contributed by atoms with Crippen LogP contribution in [0.5, 0.6) is 0 Å². The summed E-state index contributed by atoms with van der Waals surface area (Å²) in [4.78, 5) is 42.7. The van der Waals surface area contributed by atoms with Gasteiger partial charge < -0.3 is 25.8 Å². The molecule has 5 rings (SSSR count). The van der Waals surface area contributed by atoms with Gasteiger partial charge in [-0.25, -0.2) is 0 Å². The number of fused-ring (bicyclic) bond motifs is 1. The third-order valence-electron chi connectivity index (χ3n) is 8.21. The summed E-state index contributed by atoms with van der Waals surface area (Å²) in [6, 6.07) is 22.7. The minimum absolute atomic E-state index is 0.0209. The van der Waals surface area contributed by atoms with Gasteiger partial charge in [0.1, 0.15) is 0 Å². The van der Waals surface area contributed by atoms with E-state index in [9.17, 15) is 14.4 Å². The highest BCUT2D eigenvalue weighted by Gasteiger charge is 2.29. The Morgan fingerprint density at radius 2 is 1.60 bits per heavy atom. The summed E-state index contributed by atoms with van der Waals surface area (Å²) in [5, 5.41) is 9.57. The number of benzene rings is 3. The van der Waals surface area contributed by atoms with Crippen LogP contribution in [0.4, 0.5) is 17.1 Å². The maximum Gasteiger partial charge on any atom is 0.258 e. The number of hydrogen-bond donors (Lipinski definition) is 3. The minimum atomic E-state index is -0.232. The van der Waals surface area contributed by atoms with Crippen LogP contribution in [-0.2, 0) is 9.59 Å². The molecule has 1 aliphatic heterocycles. The fraction of sp³-hybridized carbons (Fsp3) is 0.343. The Balaban J connectivity index is 1.44. The van der Waals surface area contributed by atoms with Gasteiger partial charge in [-0.2, -0.15) is 0 Å². The van der Waals surface area contributed by atoms with Crippen molar-refractivity contribution in [1.29, 1.82) is 0 Å². The molecule has 43 heavy (non-hydrogen) atoms. The lowest BCUT2D eigenvalue weighted by atomic mass is 9.89. The molecule has 224 valence electrons. The summed E-state index contributed by atoms with van der Waals surface area (Å²) >= 11 is 0. The predicted octanol–water partition coefficient (Wildman–Crippen LogP) is 5.84. The van der Waals surface area contributed by atoms with Crippen molar-refractivity contribution >= 4 is 46.1 Å². The van der Waals surface area contributed by atoms with E-state index in [2.05, 4.69) is 16.0 Å². The number of amides is 3. The summed E-state index contributed by atoms with van der Waals surface area (Å²) in [5.41, 5.74) is 5.42. The molecule has 3 aromatic rings. The fourth-order valence-corrected chi connectivity index (χ4v) is 5.81. The Morgan fingerprint density at radius 1 is 0.884 bits per heavy atom. The van der Waals surface area contributed by atoms with Crippen molar-refractivity contribution in [3.05, 3.63) is 89.5 Å². The van der Waals surface area contributed by atoms with Gasteiger partial charge in [0, 0.05) is 54.7 Å². The predicted molar refractivity (Wildman–Crippen MR) is 174 cm³/mol. The van der Waals surface area contributed by atoms with Crippen molar-refractivity contribution in [1.82, 2.24) is 10.2 Å². The Morgan fingerprint density at radius 3 is 2.28 bits per heavy atom. The second-order valence-electron chi connectivity index (χ2n) is 11.7. The first-order valence-corrected chi connectivity index (χ1v) is 15.1. The standard InChI is InChI=1S/C35H41N5O3/c1-24(41)40(21-20-39(2)3)29-17-15-28(16-18-29)37-33(26-12-8-5-9-13-26)32-30-22-27(14-19-31(30)38-35(32)43)34(42)36-23-25-10-6-4-7-11-25/h5,8-9,12-19,22,25,37H,4,6-7,10-11,20-21,23H2,1-3H3,(H,36,42)(H,38,43)/b33-32-. The maximum atomic E-state index is 13.4. The van der Waals surface area contributed by atoms with Gasteiger partial charge in [-0.1, -0.05) is 49.6 Å². The van der Waals surface area contributed by atoms with Gasteiger partial charge in [-0.05, 0) is 80.9 Å². The highest BCUT2D eigenvalue weighted by Crippen LogP contribution is 2.38. The zero-order valence-corrected chi connectivity index (χ0v) is 25.3. The van der Waals surface area contributed by atoms with E-state index in [0.29, 0.717) is 47.1 Å². The topological polar surface area (TPSA) is 93.8 Å². The van der Waals surface area contributed by atoms with E-state index in [4.69, 9.17) is 0 Å². The minimum Gasteiger partial charge on any atom is -0.354 e. The molecule has 0 aromatic heterocycles. The molecule has 3 amide bonds. The third-order valence-corrected chi connectivity index (χ3v) is 8.21. The Kier molecular flexibility index (Phi) is 9.57. The Labute approximate surface area is 254 Å². The summed E-state index contributed by atoms with van der Waals surface area (Å²) in [6.07, 6.45) is 6.05. The fourth-order valence-electron chi connectivity index (χ4n) is 5.81. The number of anilines is 3. The van der Waals surface area contributed by atoms with E-state index < -0.39 is 0 Å². The highest BCUT2D eigenvalue weighted by atomic mass is 16.2. The molecule has 8 heteroatoms. The van der Waals surface area contributed by atoms with Crippen LogP contribution >= 0.6 is 0 Å². The molecular weight excluding hydrogens is 538 g/mol. The maximum absolute atomic E-state index is 13.4. The molecule has 1 aliphatic carbocycles. The van der Waals surface area contributed by atoms with Gasteiger partial charge in [0.2, 0.25) is 5.91 Å². The van der Waals surface area contributed by atoms with E-state index in [1.165, 1.54) is 19.3 Å². The molecule has 0 bridgehead atoms. The monoisotopic (exact) mass is 579 g/mol. The largest absolute Gasteiger partial charge is 0.354 e. The smallest absolute Gasteiger partial charge is 0.258 e. The second kappa shape index (κ2) is 13.7. The molecule has 0 unspecified atom stereocenters. The van der Waals surface area contributed by atoms with Crippen molar-refractivity contribution in [2.45, 2.75) is 39.0 Å². The van der Waals surface area contributed by atoms with Gasteiger partial charge >= 0.3 is 0 Å². The first-order chi connectivity index (χ1) is 20.8. The van der Waals surface area contributed by atoms with Crippen LogP contribution in [0.25, 0.3) is 11.3 Å². The summed E-state index contributed by atoms with van der Waals surface area (Å²) in [6.45, 7) is 3.58. The van der Waals surface area contributed by atoms with E-state index in [1.807, 2.05) is 79.7 Å². The van der Waals surface area contributed by atoms with Crippen LogP contribution in [-0.4, -0.2) is 56.4 Å². The molecule has 1 fully saturated rings. The zero-order chi connectivity index (χ0) is 30.3. The number of hydrogen-bond acceptors (Lipinski definition) is 5. The lowest BCUT2D eigenvalue weighted by Gasteiger charge is -2.23. The van der Waals surface area contributed by atoms with E-state index in [-0.39, 0.29) is 17.7 Å². The van der Waals surface area contributed by atoms with Crippen LogP contribution in [0.2, 0.25) is 0 Å². The molecule has 3 N–H and O–H groups in total. The van der Waals surface area contributed by atoms with E-state index in [1.54, 1.807) is 24.0 Å². The van der Waals surface area contributed by atoms with Crippen LogP contribution < -0.4 is 20.9 Å². The number of nitrogens with one attached hydrogen (secondary N) is 3. The second-order valence-corrected chi connectivity index (χ2v) is 11.7. The van der Waals surface area contributed by atoms with Crippen molar-refractivity contribution in [2.24, 2.45) is 5.92 Å². The van der Waals surface area contributed by atoms with Gasteiger partial charge in [0.25, 0.3) is 11.8 Å². The molecule has 0 atom stereocenters. The quantitative estimate of drug-likeness (QED) is 0.262. The Bertz CT molecular complexity index is 1490. The lowest BCUT2D eigenvalue weighted by Crippen LogP contribution is -2.35. The number of rotatable bonds is 10. The zero-order valence-electron chi connectivity index (χ0n) is 25.3. The number of likely N-dealkylation sites (N-methyl/N-ethyl adjacent to an activating group) is 1. The van der Waals surface area contributed by atoms with Crippen molar-refractivity contribution in [2.75, 3.05) is 49.3 Å². The van der Waals surface area contributed by atoms with Crippen LogP contribution in [0.15, 0.2) is 72.8 Å². The molecule has 0 radical (unpaired) electrons. The van der Waals surface area contributed by atoms with E-state index in [0.717, 1.165) is 36.3 Å². The van der Waals surface area contributed by atoms with Crippen LogP contribution in [0.3, 0.4) is 0 Å². The van der Waals surface area contributed by atoms with Crippen molar-refractivity contribution in [3.63, 3.8) is 0 Å². The number of carbonyl (C=O) groups is 3. The van der Waals surface area contributed by atoms with Crippen molar-refractivity contribution in [3.8, 4) is 0 Å². The average molecular weight is 580 g/mol. The molecule has 0 saturated heterocycles. The lowest BCUT2D eigenvalue weighted by molar-refractivity contribution is -0.116. The highest BCUT2D eigenvalue weighted by molar-refractivity contribution is 6.37. The molecule has 1 saturated carbocycles. The first-order valence-electron chi connectivity index (χ1n) is 15.1. The third kappa shape index (κ3) is 7.32. The van der Waals surface area contributed by atoms with Gasteiger partial charge in [-0.3, -0.25) is 14.4 Å². The number of carbonyl (C=O) groups excluding carboxylic acids is 3. The molecule has 0 spiro atoms. The van der Waals surface area contributed by atoms with Crippen LogP contribution in [0, 0.1) is 5.92 Å². The van der Waals surface area contributed by atoms with E-state index >= 15 is 0 Å². The molecule has 2 aliphatic rings. The molecule has 8 nitrogen and oxygen atoms in total. The average Bonchev–Trinajstić information content (AvgIpc) is 3.34. The molecule has 3 aromatic carbocycles. The molecule has 1 heterocycles. The summed E-state index contributed by atoms with van der Waals surface area (Å²) in [7, 11) is 3.96. The van der Waals surface area contributed by atoms with Gasteiger partial charge in [0.05, 0.1) is 11.3 Å². The summed E-state index contributed by atoms with van der Waals surface area (Å²) < 4.78 is 0. The van der Waals surface area contributed by atoms with Crippen LogP contribution in [0.1, 0.15) is 60.5 Å².